The van der Waals surface area contributed by atoms with Crippen molar-refractivity contribution in [2.75, 3.05) is 0 Å². The maximum absolute atomic E-state index is 10.5. The summed E-state index contributed by atoms with van der Waals surface area (Å²) in [6.07, 6.45) is 2.10. The summed E-state index contributed by atoms with van der Waals surface area (Å²) in [5, 5.41) is 10.5. The second-order valence-corrected chi connectivity index (χ2v) is 5.81. The fraction of sp³-hybridized carbons (Fsp3) is 0.333. The second kappa shape index (κ2) is 5.17. The number of hydrogen-bond acceptors (Lipinski definition) is 3. The summed E-state index contributed by atoms with van der Waals surface area (Å²) in [7, 11) is 0. The number of aliphatic hydroxyl groups excluding tert-OH is 1. The molecule has 3 nitrogen and oxygen atoms in total. The lowest BCUT2D eigenvalue weighted by Gasteiger charge is -2.13. The summed E-state index contributed by atoms with van der Waals surface area (Å²) >= 11 is 0. The van der Waals surface area contributed by atoms with Crippen LogP contribution in [0.3, 0.4) is 0 Å². The van der Waals surface area contributed by atoms with E-state index >= 15 is 0 Å². The van der Waals surface area contributed by atoms with Crippen LogP contribution in [0.15, 0.2) is 42.5 Å². The first-order chi connectivity index (χ1) is 10.3. The Labute approximate surface area is 124 Å². The minimum atomic E-state index is -0.606. The van der Waals surface area contributed by atoms with Gasteiger partial charge in [0.2, 0.25) is 0 Å². The number of hydrogen-bond donors (Lipinski definition) is 1. The lowest BCUT2D eigenvalue weighted by atomic mass is 9.98. The Morgan fingerprint density at radius 1 is 0.952 bits per heavy atom. The predicted octanol–water partition coefficient (Wildman–Crippen LogP) is 3.34. The Morgan fingerprint density at radius 3 is 2.43 bits per heavy atom. The fourth-order valence-electron chi connectivity index (χ4n) is 2.66. The molecule has 2 aromatic carbocycles. The van der Waals surface area contributed by atoms with Crippen LogP contribution in [-0.2, 0) is 18.0 Å². The molecule has 1 saturated carbocycles. The highest BCUT2D eigenvalue weighted by Crippen LogP contribution is 2.30. The van der Waals surface area contributed by atoms with Gasteiger partial charge in [0.05, 0.1) is 19.3 Å². The number of ether oxygens (including phenoxy) is 2. The van der Waals surface area contributed by atoms with Crippen molar-refractivity contribution in [1.82, 2.24) is 0 Å². The van der Waals surface area contributed by atoms with E-state index in [1.807, 2.05) is 42.5 Å². The average molecular weight is 282 g/mol. The standard InChI is InChI=1S/C18H18O3/c19-18(13-1-2-14-10-20-11-15(14)9-13)12-3-5-16(6-4-12)21-17-7-8-17/h1-6,9,17-19H,7-8,10-11H2. The topological polar surface area (TPSA) is 38.7 Å². The Hall–Kier alpha value is -1.84. The van der Waals surface area contributed by atoms with E-state index in [0.29, 0.717) is 19.3 Å². The van der Waals surface area contributed by atoms with Gasteiger partial charge in [0, 0.05) is 0 Å². The first-order valence-electron chi connectivity index (χ1n) is 7.44. The fourth-order valence-corrected chi connectivity index (χ4v) is 2.66. The molecule has 2 aromatic rings. The van der Waals surface area contributed by atoms with Crippen molar-refractivity contribution >= 4 is 0 Å². The molecule has 0 bridgehead atoms. The molecule has 3 heteroatoms. The molecule has 1 N–H and O–H groups in total. The van der Waals surface area contributed by atoms with E-state index < -0.39 is 6.10 Å². The monoisotopic (exact) mass is 282 g/mol. The van der Waals surface area contributed by atoms with Gasteiger partial charge in [0.1, 0.15) is 11.9 Å². The van der Waals surface area contributed by atoms with Gasteiger partial charge in [0.15, 0.2) is 0 Å². The molecule has 21 heavy (non-hydrogen) atoms. The van der Waals surface area contributed by atoms with Gasteiger partial charge in [-0.05, 0) is 47.2 Å². The van der Waals surface area contributed by atoms with Gasteiger partial charge in [0.25, 0.3) is 0 Å². The summed E-state index contributed by atoms with van der Waals surface area (Å²) in [6.45, 7) is 1.32. The van der Waals surface area contributed by atoms with E-state index in [-0.39, 0.29) is 0 Å². The molecule has 2 aliphatic rings. The van der Waals surface area contributed by atoms with Crippen molar-refractivity contribution in [1.29, 1.82) is 0 Å². The van der Waals surface area contributed by atoms with Gasteiger partial charge in [-0.2, -0.15) is 0 Å². The van der Waals surface area contributed by atoms with Gasteiger partial charge < -0.3 is 14.6 Å². The molecule has 1 aliphatic heterocycles. The summed E-state index contributed by atoms with van der Waals surface area (Å²) < 4.78 is 11.1. The highest BCUT2D eigenvalue weighted by Gasteiger charge is 2.23. The number of fused-ring (bicyclic) bond motifs is 1. The van der Waals surface area contributed by atoms with Crippen LogP contribution in [0.5, 0.6) is 5.75 Å². The highest BCUT2D eigenvalue weighted by atomic mass is 16.5. The van der Waals surface area contributed by atoms with Crippen molar-refractivity contribution in [3.05, 3.63) is 64.7 Å². The number of benzene rings is 2. The van der Waals surface area contributed by atoms with Crippen LogP contribution >= 0.6 is 0 Å². The van der Waals surface area contributed by atoms with E-state index in [4.69, 9.17) is 9.47 Å². The second-order valence-electron chi connectivity index (χ2n) is 5.81. The smallest absolute Gasteiger partial charge is 0.119 e. The van der Waals surface area contributed by atoms with Crippen molar-refractivity contribution in [2.45, 2.75) is 38.3 Å². The normalized spacial score (nSPS) is 18.3. The van der Waals surface area contributed by atoms with Gasteiger partial charge >= 0.3 is 0 Å². The van der Waals surface area contributed by atoms with Gasteiger partial charge in [-0.25, -0.2) is 0 Å². The van der Waals surface area contributed by atoms with Crippen molar-refractivity contribution in [3.8, 4) is 5.75 Å². The van der Waals surface area contributed by atoms with E-state index in [9.17, 15) is 5.11 Å². The minimum Gasteiger partial charge on any atom is -0.490 e. The maximum Gasteiger partial charge on any atom is 0.119 e. The van der Waals surface area contributed by atoms with Gasteiger partial charge in [-0.1, -0.05) is 30.3 Å². The largest absolute Gasteiger partial charge is 0.490 e. The molecule has 0 radical (unpaired) electrons. The third kappa shape index (κ3) is 2.67. The molecule has 1 aliphatic carbocycles. The summed E-state index contributed by atoms with van der Waals surface area (Å²) in [5.74, 6) is 0.885. The Morgan fingerprint density at radius 2 is 1.67 bits per heavy atom. The van der Waals surface area contributed by atoms with E-state index in [1.54, 1.807) is 0 Å². The molecule has 108 valence electrons. The van der Waals surface area contributed by atoms with Crippen LogP contribution in [0, 0.1) is 0 Å². The summed E-state index contributed by atoms with van der Waals surface area (Å²) in [6, 6.07) is 13.8. The summed E-state index contributed by atoms with van der Waals surface area (Å²) in [5.41, 5.74) is 4.20. The third-order valence-electron chi connectivity index (χ3n) is 4.08. The molecular formula is C18H18O3. The number of rotatable bonds is 4. The Bertz CT molecular complexity index is 644. The van der Waals surface area contributed by atoms with E-state index in [1.165, 1.54) is 11.1 Å². The van der Waals surface area contributed by atoms with Crippen molar-refractivity contribution < 1.29 is 14.6 Å². The van der Waals surface area contributed by atoms with Crippen LogP contribution in [0.2, 0.25) is 0 Å². The van der Waals surface area contributed by atoms with Crippen LogP contribution in [0.4, 0.5) is 0 Å². The molecule has 1 atom stereocenters. The van der Waals surface area contributed by atoms with Crippen LogP contribution in [-0.4, -0.2) is 11.2 Å². The third-order valence-corrected chi connectivity index (χ3v) is 4.08. The van der Waals surface area contributed by atoms with Gasteiger partial charge in [-0.15, -0.1) is 0 Å². The Kier molecular flexibility index (Phi) is 3.17. The van der Waals surface area contributed by atoms with Crippen molar-refractivity contribution in [2.24, 2.45) is 0 Å². The van der Waals surface area contributed by atoms with E-state index in [0.717, 1.165) is 29.7 Å². The summed E-state index contributed by atoms with van der Waals surface area (Å²) in [4.78, 5) is 0. The zero-order valence-electron chi connectivity index (χ0n) is 11.8. The van der Waals surface area contributed by atoms with Crippen molar-refractivity contribution in [3.63, 3.8) is 0 Å². The zero-order chi connectivity index (χ0) is 14.2. The molecule has 1 fully saturated rings. The highest BCUT2D eigenvalue weighted by molar-refractivity contribution is 5.39. The zero-order valence-corrected chi connectivity index (χ0v) is 11.8. The first-order valence-corrected chi connectivity index (χ1v) is 7.44. The molecule has 0 saturated heterocycles. The van der Waals surface area contributed by atoms with Crippen LogP contribution in [0.1, 0.15) is 41.2 Å². The molecule has 1 heterocycles. The SMILES string of the molecule is OC(c1ccc(OC2CC2)cc1)c1ccc2c(c1)COC2. The molecular weight excluding hydrogens is 264 g/mol. The first kappa shape index (κ1) is 12.9. The predicted molar refractivity (Wildman–Crippen MR) is 79.1 cm³/mol. The maximum atomic E-state index is 10.5. The Balaban J connectivity index is 1.54. The molecule has 4 rings (SSSR count). The molecule has 0 amide bonds. The number of aliphatic hydroxyl groups is 1. The quantitative estimate of drug-likeness (QED) is 0.934. The van der Waals surface area contributed by atoms with Gasteiger partial charge in [-0.3, -0.25) is 0 Å². The lowest BCUT2D eigenvalue weighted by molar-refractivity contribution is 0.134. The minimum absolute atomic E-state index is 0.400. The van der Waals surface area contributed by atoms with Crippen LogP contribution < -0.4 is 4.74 Å². The van der Waals surface area contributed by atoms with E-state index in [2.05, 4.69) is 0 Å². The molecule has 0 aromatic heterocycles. The average Bonchev–Trinajstić information content (AvgIpc) is 3.21. The molecule has 1 unspecified atom stereocenters. The molecule has 0 spiro atoms. The lowest BCUT2D eigenvalue weighted by Crippen LogP contribution is -2.01. The van der Waals surface area contributed by atoms with Crippen LogP contribution in [0.25, 0.3) is 0 Å².